The van der Waals surface area contributed by atoms with Crippen LogP contribution < -0.4 is 4.74 Å². The minimum atomic E-state index is 0.852. The molecular formula is C14H12N2O. The van der Waals surface area contributed by atoms with E-state index in [1.54, 1.807) is 7.11 Å². The molecule has 3 nitrogen and oxygen atoms in total. The van der Waals surface area contributed by atoms with Crippen molar-refractivity contribution in [3.63, 3.8) is 0 Å². The van der Waals surface area contributed by atoms with E-state index in [0.29, 0.717) is 0 Å². The molecule has 1 aromatic heterocycles. The lowest BCUT2D eigenvalue weighted by molar-refractivity contribution is 0.414. The van der Waals surface area contributed by atoms with Crippen molar-refractivity contribution < 1.29 is 4.74 Å². The molecule has 0 amide bonds. The van der Waals surface area contributed by atoms with Crippen molar-refractivity contribution in [2.75, 3.05) is 7.11 Å². The molecule has 1 heterocycles. The van der Waals surface area contributed by atoms with Crippen LogP contribution in [0.3, 0.4) is 0 Å². The lowest BCUT2D eigenvalue weighted by atomic mass is 10.2. The fourth-order valence-electron chi connectivity index (χ4n) is 1.90. The Morgan fingerprint density at radius 3 is 2.53 bits per heavy atom. The topological polar surface area (TPSA) is 27.1 Å². The van der Waals surface area contributed by atoms with E-state index < -0.39 is 0 Å². The van der Waals surface area contributed by atoms with Crippen LogP contribution in [0.5, 0.6) is 5.75 Å². The van der Waals surface area contributed by atoms with E-state index in [4.69, 9.17) is 4.74 Å². The number of fused-ring (bicyclic) bond motifs is 1. The molecule has 0 bridgehead atoms. The van der Waals surface area contributed by atoms with Crippen molar-refractivity contribution in [2.45, 2.75) is 0 Å². The van der Waals surface area contributed by atoms with E-state index in [1.807, 2.05) is 47.3 Å². The average molecular weight is 224 g/mol. The Kier molecular flexibility index (Phi) is 2.29. The maximum Gasteiger partial charge on any atom is 0.119 e. The molecule has 0 aliphatic carbocycles. The van der Waals surface area contributed by atoms with Crippen LogP contribution in [0.25, 0.3) is 16.6 Å². The summed E-state index contributed by atoms with van der Waals surface area (Å²) in [5, 5.41) is 5.54. The Bertz CT molecular complexity index is 641. The molecule has 2 aromatic carbocycles. The summed E-state index contributed by atoms with van der Waals surface area (Å²) in [7, 11) is 1.66. The Morgan fingerprint density at radius 2 is 1.76 bits per heavy atom. The van der Waals surface area contributed by atoms with E-state index in [0.717, 1.165) is 22.3 Å². The van der Waals surface area contributed by atoms with Crippen LogP contribution in [0.2, 0.25) is 0 Å². The normalized spacial score (nSPS) is 10.6. The van der Waals surface area contributed by atoms with Crippen molar-refractivity contribution in [1.82, 2.24) is 9.78 Å². The summed E-state index contributed by atoms with van der Waals surface area (Å²) in [6.45, 7) is 0. The molecule has 0 spiro atoms. The van der Waals surface area contributed by atoms with Crippen molar-refractivity contribution in [1.29, 1.82) is 0 Å². The van der Waals surface area contributed by atoms with Crippen molar-refractivity contribution in [2.24, 2.45) is 0 Å². The second kappa shape index (κ2) is 3.94. The highest BCUT2D eigenvalue weighted by Crippen LogP contribution is 2.19. The highest BCUT2D eigenvalue weighted by atomic mass is 16.5. The molecule has 17 heavy (non-hydrogen) atoms. The summed E-state index contributed by atoms with van der Waals surface area (Å²) < 4.78 is 7.07. The van der Waals surface area contributed by atoms with Gasteiger partial charge in [0.25, 0.3) is 0 Å². The molecule has 0 saturated carbocycles. The number of benzene rings is 2. The third-order valence-electron chi connectivity index (χ3n) is 2.79. The third-order valence-corrected chi connectivity index (χ3v) is 2.79. The summed E-state index contributed by atoms with van der Waals surface area (Å²) in [6, 6.07) is 16.0. The zero-order valence-corrected chi connectivity index (χ0v) is 9.50. The Labute approximate surface area is 99.3 Å². The molecule has 0 atom stereocenters. The standard InChI is InChI=1S/C14H12N2O/c1-17-13-8-6-12(7-9-13)16-14-5-3-2-4-11(14)10-15-16/h2-10H,1H3. The van der Waals surface area contributed by atoms with Crippen molar-refractivity contribution in [3.8, 4) is 11.4 Å². The molecule has 0 aliphatic heterocycles. The van der Waals surface area contributed by atoms with E-state index >= 15 is 0 Å². The number of para-hydroxylation sites is 1. The number of ether oxygens (including phenoxy) is 1. The fraction of sp³-hybridized carbons (Fsp3) is 0.0714. The minimum absolute atomic E-state index is 0.852. The first-order chi connectivity index (χ1) is 8.38. The maximum absolute atomic E-state index is 5.14. The van der Waals surface area contributed by atoms with E-state index in [9.17, 15) is 0 Å². The highest BCUT2D eigenvalue weighted by Gasteiger charge is 2.03. The lowest BCUT2D eigenvalue weighted by Crippen LogP contribution is -1.95. The third kappa shape index (κ3) is 1.65. The lowest BCUT2D eigenvalue weighted by Gasteiger charge is -2.04. The van der Waals surface area contributed by atoms with Gasteiger partial charge in [0.1, 0.15) is 5.75 Å². The monoisotopic (exact) mass is 224 g/mol. The van der Waals surface area contributed by atoms with E-state index in [1.165, 1.54) is 0 Å². The number of rotatable bonds is 2. The first kappa shape index (κ1) is 9.90. The first-order valence-electron chi connectivity index (χ1n) is 5.46. The average Bonchev–Trinajstić information content (AvgIpc) is 2.83. The van der Waals surface area contributed by atoms with Gasteiger partial charge in [0.2, 0.25) is 0 Å². The summed E-state index contributed by atoms with van der Waals surface area (Å²) in [6.07, 6.45) is 1.87. The molecule has 3 aromatic rings. The van der Waals surface area contributed by atoms with Crippen molar-refractivity contribution in [3.05, 3.63) is 54.7 Å². The molecule has 84 valence electrons. The van der Waals surface area contributed by atoms with E-state index in [-0.39, 0.29) is 0 Å². The maximum atomic E-state index is 5.14. The Morgan fingerprint density at radius 1 is 1.00 bits per heavy atom. The van der Waals surface area contributed by atoms with Gasteiger partial charge >= 0.3 is 0 Å². The quantitative estimate of drug-likeness (QED) is 0.669. The molecule has 0 saturated heterocycles. The predicted molar refractivity (Wildman–Crippen MR) is 67.6 cm³/mol. The number of hydrogen-bond donors (Lipinski definition) is 0. The second-order valence-electron chi connectivity index (χ2n) is 3.81. The number of aromatic nitrogens is 2. The molecule has 0 radical (unpaired) electrons. The number of hydrogen-bond acceptors (Lipinski definition) is 2. The summed E-state index contributed by atoms with van der Waals surface area (Å²) >= 11 is 0. The number of methoxy groups -OCH3 is 1. The van der Waals surface area contributed by atoms with Gasteiger partial charge in [-0.1, -0.05) is 18.2 Å². The van der Waals surface area contributed by atoms with Crippen LogP contribution >= 0.6 is 0 Å². The highest BCUT2D eigenvalue weighted by molar-refractivity contribution is 5.80. The van der Waals surface area contributed by atoms with Crippen LogP contribution in [0, 0.1) is 0 Å². The minimum Gasteiger partial charge on any atom is -0.497 e. The van der Waals surface area contributed by atoms with Crippen molar-refractivity contribution >= 4 is 10.9 Å². The summed E-state index contributed by atoms with van der Waals surface area (Å²) in [5.41, 5.74) is 2.14. The van der Waals surface area contributed by atoms with Gasteiger partial charge in [-0.3, -0.25) is 0 Å². The van der Waals surface area contributed by atoms with Gasteiger partial charge in [0, 0.05) is 5.39 Å². The summed E-state index contributed by atoms with van der Waals surface area (Å²) in [5.74, 6) is 0.852. The fourth-order valence-corrected chi connectivity index (χ4v) is 1.90. The molecule has 3 heteroatoms. The molecule has 0 unspecified atom stereocenters. The van der Waals surface area contributed by atoms with Gasteiger partial charge < -0.3 is 4.74 Å². The van der Waals surface area contributed by atoms with Gasteiger partial charge in [-0.2, -0.15) is 5.10 Å². The van der Waals surface area contributed by atoms with E-state index in [2.05, 4.69) is 17.2 Å². The van der Waals surface area contributed by atoms with Gasteiger partial charge in [-0.25, -0.2) is 4.68 Å². The van der Waals surface area contributed by atoms with Gasteiger partial charge in [0.05, 0.1) is 24.5 Å². The van der Waals surface area contributed by atoms with Gasteiger partial charge in [-0.15, -0.1) is 0 Å². The molecule has 0 N–H and O–H groups in total. The largest absolute Gasteiger partial charge is 0.497 e. The van der Waals surface area contributed by atoms with Crippen LogP contribution in [-0.2, 0) is 0 Å². The van der Waals surface area contributed by atoms with Crippen LogP contribution in [0.15, 0.2) is 54.7 Å². The van der Waals surface area contributed by atoms with Gasteiger partial charge in [-0.05, 0) is 30.3 Å². The van der Waals surface area contributed by atoms with Crippen LogP contribution in [0.4, 0.5) is 0 Å². The van der Waals surface area contributed by atoms with Crippen LogP contribution in [-0.4, -0.2) is 16.9 Å². The molecular weight excluding hydrogens is 212 g/mol. The zero-order chi connectivity index (χ0) is 11.7. The molecule has 0 aliphatic rings. The zero-order valence-electron chi connectivity index (χ0n) is 9.50. The first-order valence-corrected chi connectivity index (χ1v) is 5.46. The van der Waals surface area contributed by atoms with Crippen LogP contribution in [0.1, 0.15) is 0 Å². The summed E-state index contributed by atoms with van der Waals surface area (Å²) in [4.78, 5) is 0. The Hall–Kier alpha value is -2.29. The van der Waals surface area contributed by atoms with Gasteiger partial charge in [0.15, 0.2) is 0 Å². The Balaban J connectivity index is 2.13. The second-order valence-corrected chi connectivity index (χ2v) is 3.81. The SMILES string of the molecule is COc1ccc(-n2ncc3ccccc32)cc1. The molecule has 0 fully saturated rings. The molecule has 3 rings (SSSR count). The number of nitrogens with zero attached hydrogens (tertiary/aromatic N) is 2. The predicted octanol–water partition coefficient (Wildman–Crippen LogP) is 3.03. The smallest absolute Gasteiger partial charge is 0.119 e.